The van der Waals surface area contributed by atoms with Gasteiger partial charge in [0.25, 0.3) is 0 Å². The standard InChI is InChI=1S/C18H21N3O2S/c1-4-6-8-12(15(23)7-5-2)9-16-20-18-17(24-16)13(10-19)14(11-22)21(18)3/h4,6,8,10-11,19H,5,7,9H2,1-3H3/b6-4-,12-8-,19-10?. The van der Waals surface area contributed by atoms with Gasteiger partial charge in [-0.15, -0.1) is 11.3 Å². The van der Waals surface area contributed by atoms with Crippen molar-refractivity contribution in [1.82, 2.24) is 9.55 Å². The second kappa shape index (κ2) is 7.97. The molecule has 0 aliphatic rings. The van der Waals surface area contributed by atoms with Gasteiger partial charge in [0.15, 0.2) is 17.7 Å². The molecule has 0 unspecified atom stereocenters. The van der Waals surface area contributed by atoms with Crippen LogP contribution >= 0.6 is 11.3 Å². The fourth-order valence-electron chi connectivity index (χ4n) is 2.54. The van der Waals surface area contributed by atoms with Crippen LogP contribution in [-0.4, -0.2) is 27.8 Å². The molecule has 126 valence electrons. The Morgan fingerprint density at radius 2 is 2.17 bits per heavy atom. The number of rotatable bonds is 8. The highest BCUT2D eigenvalue weighted by atomic mass is 32.1. The average molecular weight is 343 g/mol. The molecule has 2 heterocycles. The number of hydrogen-bond acceptors (Lipinski definition) is 5. The number of fused-ring (bicyclic) bond motifs is 1. The lowest BCUT2D eigenvalue weighted by Crippen LogP contribution is -2.05. The van der Waals surface area contributed by atoms with Crippen LogP contribution in [0.15, 0.2) is 23.8 Å². The minimum absolute atomic E-state index is 0.135. The van der Waals surface area contributed by atoms with Crippen LogP contribution in [0.1, 0.15) is 47.7 Å². The normalized spacial score (nSPS) is 12.2. The molecule has 2 aromatic heterocycles. The fourth-order valence-corrected chi connectivity index (χ4v) is 3.68. The van der Waals surface area contributed by atoms with Crippen LogP contribution in [0.4, 0.5) is 0 Å². The smallest absolute Gasteiger partial charge is 0.167 e. The van der Waals surface area contributed by atoms with Crippen LogP contribution in [0.2, 0.25) is 0 Å². The summed E-state index contributed by atoms with van der Waals surface area (Å²) in [5.74, 6) is 0.135. The van der Waals surface area contributed by atoms with Gasteiger partial charge in [-0.3, -0.25) is 9.59 Å². The van der Waals surface area contributed by atoms with E-state index in [0.29, 0.717) is 29.7 Å². The summed E-state index contributed by atoms with van der Waals surface area (Å²) < 4.78 is 2.52. The molecule has 2 aromatic rings. The van der Waals surface area contributed by atoms with Crippen molar-refractivity contribution < 1.29 is 9.59 Å². The van der Waals surface area contributed by atoms with E-state index >= 15 is 0 Å². The maximum Gasteiger partial charge on any atom is 0.167 e. The lowest BCUT2D eigenvalue weighted by Gasteiger charge is -2.03. The van der Waals surface area contributed by atoms with Crippen molar-refractivity contribution in [3.05, 3.63) is 40.1 Å². The summed E-state index contributed by atoms with van der Waals surface area (Å²) in [4.78, 5) is 28.1. The summed E-state index contributed by atoms with van der Waals surface area (Å²) in [7, 11) is 1.77. The van der Waals surface area contributed by atoms with Crippen molar-refractivity contribution in [2.24, 2.45) is 7.05 Å². The van der Waals surface area contributed by atoms with E-state index in [-0.39, 0.29) is 5.78 Å². The number of thiazole rings is 1. The molecule has 0 radical (unpaired) electrons. The minimum Gasteiger partial charge on any atom is -0.325 e. The Balaban J connectivity index is 2.43. The largest absolute Gasteiger partial charge is 0.325 e. The van der Waals surface area contributed by atoms with Crippen LogP contribution in [0, 0.1) is 5.41 Å². The third-order valence-electron chi connectivity index (χ3n) is 3.78. The molecule has 0 saturated carbocycles. The lowest BCUT2D eigenvalue weighted by atomic mass is 10.0. The SMILES string of the molecule is C/C=C\C=C(\Cc1nc2c(s1)c(C=N)c(C=O)n2C)C(=O)CCC. The lowest BCUT2D eigenvalue weighted by molar-refractivity contribution is -0.115. The number of aldehydes is 1. The van der Waals surface area contributed by atoms with Gasteiger partial charge in [0.05, 0.1) is 10.4 Å². The molecule has 5 nitrogen and oxygen atoms in total. The molecule has 0 aliphatic heterocycles. The molecule has 0 spiro atoms. The number of aromatic nitrogens is 2. The van der Waals surface area contributed by atoms with Crippen molar-refractivity contribution in [2.75, 3.05) is 0 Å². The van der Waals surface area contributed by atoms with Gasteiger partial charge in [0.1, 0.15) is 5.01 Å². The summed E-state index contributed by atoms with van der Waals surface area (Å²) in [6.07, 6.45) is 9.34. The Labute approximate surface area is 145 Å². The van der Waals surface area contributed by atoms with Gasteiger partial charge < -0.3 is 9.98 Å². The van der Waals surface area contributed by atoms with Crippen molar-refractivity contribution >= 4 is 40.0 Å². The zero-order valence-electron chi connectivity index (χ0n) is 14.1. The van der Waals surface area contributed by atoms with Gasteiger partial charge in [-0.05, 0) is 13.3 Å². The number of nitrogens with one attached hydrogen (secondary N) is 1. The van der Waals surface area contributed by atoms with E-state index in [2.05, 4.69) is 4.98 Å². The average Bonchev–Trinajstić information content (AvgIpc) is 3.08. The number of carbonyl (C=O) groups is 2. The Hall–Kier alpha value is -2.34. The van der Waals surface area contributed by atoms with Gasteiger partial charge >= 0.3 is 0 Å². The molecule has 0 aromatic carbocycles. The number of allylic oxidation sites excluding steroid dienone is 4. The molecular weight excluding hydrogens is 322 g/mol. The van der Waals surface area contributed by atoms with Crippen LogP contribution in [0.25, 0.3) is 10.3 Å². The van der Waals surface area contributed by atoms with E-state index in [9.17, 15) is 9.59 Å². The number of ketones is 1. The number of nitrogens with zero attached hydrogens (tertiary/aromatic N) is 2. The van der Waals surface area contributed by atoms with Gasteiger partial charge in [-0.2, -0.15) is 0 Å². The summed E-state index contributed by atoms with van der Waals surface area (Å²) in [6.45, 7) is 3.90. The number of Topliss-reactive ketones (excluding diaryl/α,β-unsaturated/α-hetero) is 1. The predicted octanol–water partition coefficient (Wildman–Crippen LogP) is 3.86. The van der Waals surface area contributed by atoms with E-state index in [1.54, 1.807) is 11.6 Å². The third kappa shape index (κ3) is 3.43. The molecule has 0 fully saturated rings. The highest BCUT2D eigenvalue weighted by Gasteiger charge is 2.19. The van der Waals surface area contributed by atoms with Gasteiger partial charge in [-0.25, -0.2) is 4.98 Å². The number of hydrogen-bond donors (Lipinski definition) is 1. The van der Waals surface area contributed by atoms with Crippen molar-refractivity contribution in [2.45, 2.75) is 33.1 Å². The quantitative estimate of drug-likeness (QED) is 0.342. The van der Waals surface area contributed by atoms with E-state index in [4.69, 9.17) is 5.41 Å². The van der Waals surface area contributed by atoms with Crippen LogP contribution < -0.4 is 0 Å². The van der Waals surface area contributed by atoms with E-state index in [0.717, 1.165) is 28.0 Å². The van der Waals surface area contributed by atoms with Crippen molar-refractivity contribution in [1.29, 1.82) is 5.41 Å². The minimum atomic E-state index is 0.135. The molecule has 2 rings (SSSR count). The van der Waals surface area contributed by atoms with Crippen molar-refractivity contribution in [3.8, 4) is 0 Å². The Bertz CT molecular complexity index is 840. The first-order valence-corrected chi connectivity index (χ1v) is 8.67. The first kappa shape index (κ1) is 18.0. The molecular formula is C18H21N3O2S. The van der Waals surface area contributed by atoms with E-state index in [1.807, 2.05) is 32.1 Å². The van der Waals surface area contributed by atoms with Gasteiger partial charge in [0.2, 0.25) is 0 Å². The molecule has 0 saturated heterocycles. The Morgan fingerprint density at radius 1 is 1.42 bits per heavy atom. The second-order valence-electron chi connectivity index (χ2n) is 5.45. The third-order valence-corrected chi connectivity index (χ3v) is 4.85. The van der Waals surface area contributed by atoms with Gasteiger partial charge in [-0.1, -0.05) is 25.2 Å². The molecule has 0 aliphatic carbocycles. The molecule has 0 amide bonds. The first-order valence-electron chi connectivity index (χ1n) is 7.86. The molecule has 6 heteroatoms. The second-order valence-corrected chi connectivity index (χ2v) is 6.53. The summed E-state index contributed by atoms with van der Waals surface area (Å²) >= 11 is 1.44. The predicted molar refractivity (Wildman–Crippen MR) is 98.4 cm³/mol. The molecule has 1 N–H and O–H groups in total. The highest BCUT2D eigenvalue weighted by Crippen LogP contribution is 2.30. The number of carbonyl (C=O) groups excluding carboxylic acids is 2. The Morgan fingerprint density at radius 3 is 2.75 bits per heavy atom. The molecule has 24 heavy (non-hydrogen) atoms. The zero-order valence-corrected chi connectivity index (χ0v) is 14.9. The van der Waals surface area contributed by atoms with Crippen LogP contribution in [0.3, 0.4) is 0 Å². The number of aryl methyl sites for hydroxylation is 1. The molecule has 0 atom stereocenters. The maximum absolute atomic E-state index is 12.3. The monoisotopic (exact) mass is 343 g/mol. The van der Waals surface area contributed by atoms with Crippen molar-refractivity contribution in [3.63, 3.8) is 0 Å². The van der Waals surface area contributed by atoms with E-state index in [1.165, 1.54) is 17.6 Å². The summed E-state index contributed by atoms with van der Waals surface area (Å²) in [5.41, 5.74) is 2.46. The van der Waals surface area contributed by atoms with E-state index < -0.39 is 0 Å². The zero-order chi connectivity index (χ0) is 17.7. The highest BCUT2D eigenvalue weighted by molar-refractivity contribution is 7.19. The topological polar surface area (TPSA) is 75.8 Å². The Kier molecular flexibility index (Phi) is 5.98. The molecule has 0 bridgehead atoms. The van der Waals surface area contributed by atoms with Crippen LogP contribution in [-0.2, 0) is 18.3 Å². The maximum atomic E-state index is 12.3. The fraction of sp³-hybridized carbons (Fsp3) is 0.333. The summed E-state index contributed by atoms with van der Waals surface area (Å²) in [5, 5.41) is 8.37. The van der Waals surface area contributed by atoms with Crippen LogP contribution in [0.5, 0.6) is 0 Å². The summed E-state index contributed by atoms with van der Waals surface area (Å²) in [6, 6.07) is 0. The first-order chi connectivity index (χ1) is 11.6. The van der Waals surface area contributed by atoms with Gasteiger partial charge in [0, 0.05) is 37.2 Å².